The van der Waals surface area contributed by atoms with Crippen molar-refractivity contribution in [2.24, 2.45) is 0 Å². The smallest absolute Gasteiger partial charge is 0.00387 e. The number of likely N-dealkylation sites (tertiary alicyclic amines) is 1. The van der Waals surface area contributed by atoms with Crippen LogP contribution < -0.4 is 5.32 Å². The third-order valence-corrected chi connectivity index (χ3v) is 4.33. The molecule has 1 atom stereocenters. The van der Waals surface area contributed by atoms with Crippen LogP contribution in [-0.2, 0) is 0 Å². The minimum atomic E-state index is 0.711. The Kier molecular flexibility index (Phi) is 10.5. The summed E-state index contributed by atoms with van der Waals surface area (Å²) in [5.41, 5.74) is 0. The molecule has 1 aliphatic rings. The summed E-state index contributed by atoms with van der Waals surface area (Å²) in [6.07, 6.45) is 14.0. The van der Waals surface area contributed by atoms with Gasteiger partial charge in [0.1, 0.15) is 0 Å². The van der Waals surface area contributed by atoms with Gasteiger partial charge in [-0.2, -0.15) is 0 Å². The second kappa shape index (κ2) is 11.7. The molecule has 1 unspecified atom stereocenters. The van der Waals surface area contributed by atoms with Crippen molar-refractivity contribution in [1.29, 1.82) is 0 Å². The molecule has 2 heteroatoms. The van der Waals surface area contributed by atoms with Crippen molar-refractivity contribution in [1.82, 2.24) is 10.2 Å². The van der Waals surface area contributed by atoms with Crippen molar-refractivity contribution < 1.29 is 0 Å². The number of nitrogens with one attached hydrogen (secondary N) is 1. The SMILES string of the molecule is CCCCCCCC(C)NCCCN1CCCCC1. The van der Waals surface area contributed by atoms with Crippen LogP contribution in [-0.4, -0.2) is 37.1 Å². The molecular formula is C17H36N2. The maximum atomic E-state index is 3.69. The van der Waals surface area contributed by atoms with Crippen LogP contribution in [0.25, 0.3) is 0 Å². The van der Waals surface area contributed by atoms with Crippen LogP contribution in [0.2, 0.25) is 0 Å². The Morgan fingerprint density at radius 3 is 2.42 bits per heavy atom. The first-order chi connectivity index (χ1) is 9.33. The molecule has 1 fully saturated rings. The van der Waals surface area contributed by atoms with Gasteiger partial charge in [-0.3, -0.25) is 0 Å². The van der Waals surface area contributed by atoms with Crippen molar-refractivity contribution in [3.63, 3.8) is 0 Å². The summed E-state index contributed by atoms with van der Waals surface area (Å²) < 4.78 is 0. The first kappa shape index (κ1) is 17.0. The quantitative estimate of drug-likeness (QED) is 0.565. The summed E-state index contributed by atoms with van der Waals surface area (Å²) in [6, 6.07) is 0.711. The number of unbranched alkanes of at least 4 members (excludes halogenated alkanes) is 4. The molecule has 0 aromatic carbocycles. The largest absolute Gasteiger partial charge is 0.314 e. The van der Waals surface area contributed by atoms with E-state index < -0.39 is 0 Å². The van der Waals surface area contributed by atoms with Crippen LogP contribution in [0.3, 0.4) is 0 Å². The molecule has 0 amide bonds. The van der Waals surface area contributed by atoms with Crippen molar-refractivity contribution in [3.05, 3.63) is 0 Å². The Morgan fingerprint density at radius 2 is 1.68 bits per heavy atom. The molecule has 1 aliphatic heterocycles. The van der Waals surface area contributed by atoms with E-state index in [1.807, 2.05) is 0 Å². The van der Waals surface area contributed by atoms with Crippen molar-refractivity contribution in [2.45, 2.75) is 84.1 Å². The second-order valence-electron chi connectivity index (χ2n) is 6.31. The molecular weight excluding hydrogens is 232 g/mol. The van der Waals surface area contributed by atoms with Gasteiger partial charge < -0.3 is 10.2 Å². The number of nitrogens with zero attached hydrogens (tertiary/aromatic N) is 1. The monoisotopic (exact) mass is 268 g/mol. The summed E-state index contributed by atoms with van der Waals surface area (Å²) in [7, 11) is 0. The summed E-state index contributed by atoms with van der Waals surface area (Å²) in [5.74, 6) is 0. The fourth-order valence-corrected chi connectivity index (χ4v) is 2.99. The molecule has 0 saturated carbocycles. The van der Waals surface area contributed by atoms with Gasteiger partial charge in [-0.25, -0.2) is 0 Å². The average Bonchev–Trinajstić information content (AvgIpc) is 2.44. The predicted molar refractivity (Wildman–Crippen MR) is 85.7 cm³/mol. The van der Waals surface area contributed by atoms with Gasteiger partial charge in [0.25, 0.3) is 0 Å². The van der Waals surface area contributed by atoms with E-state index in [2.05, 4.69) is 24.1 Å². The van der Waals surface area contributed by atoms with Gasteiger partial charge in [-0.15, -0.1) is 0 Å². The zero-order chi connectivity index (χ0) is 13.8. The Labute approximate surface area is 121 Å². The summed E-state index contributed by atoms with van der Waals surface area (Å²) in [5, 5.41) is 3.69. The number of rotatable bonds is 11. The Balaban J connectivity index is 1.85. The molecule has 0 spiro atoms. The first-order valence-corrected chi connectivity index (χ1v) is 8.78. The van der Waals surface area contributed by atoms with Crippen molar-refractivity contribution in [3.8, 4) is 0 Å². The van der Waals surface area contributed by atoms with Crippen LogP contribution in [0.4, 0.5) is 0 Å². The van der Waals surface area contributed by atoms with Crippen LogP contribution in [0.1, 0.15) is 78.1 Å². The minimum Gasteiger partial charge on any atom is -0.314 e. The molecule has 1 rings (SSSR count). The lowest BCUT2D eigenvalue weighted by molar-refractivity contribution is 0.225. The van der Waals surface area contributed by atoms with E-state index in [1.54, 1.807) is 0 Å². The molecule has 1 N–H and O–H groups in total. The first-order valence-electron chi connectivity index (χ1n) is 8.78. The topological polar surface area (TPSA) is 15.3 Å². The lowest BCUT2D eigenvalue weighted by Gasteiger charge is -2.26. The highest BCUT2D eigenvalue weighted by atomic mass is 15.1. The molecule has 114 valence electrons. The number of hydrogen-bond acceptors (Lipinski definition) is 2. The van der Waals surface area contributed by atoms with Gasteiger partial charge in [-0.05, 0) is 58.8 Å². The highest BCUT2D eigenvalue weighted by Crippen LogP contribution is 2.09. The van der Waals surface area contributed by atoms with Gasteiger partial charge >= 0.3 is 0 Å². The lowest BCUT2D eigenvalue weighted by atomic mass is 10.1. The molecule has 1 heterocycles. The standard InChI is InChI=1S/C17H36N2/c1-3-4-5-6-8-12-17(2)18-13-11-16-19-14-9-7-10-15-19/h17-18H,3-16H2,1-2H3. The Morgan fingerprint density at radius 1 is 0.947 bits per heavy atom. The molecule has 0 bridgehead atoms. The normalized spacial score (nSPS) is 18.6. The van der Waals surface area contributed by atoms with Gasteiger partial charge in [0, 0.05) is 6.04 Å². The third-order valence-electron chi connectivity index (χ3n) is 4.33. The number of piperidine rings is 1. The fourth-order valence-electron chi connectivity index (χ4n) is 2.99. The van der Waals surface area contributed by atoms with Gasteiger partial charge in [0.15, 0.2) is 0 Å². The van der Waals surface area contributed by atoms with Gasteiger partial charge in [0.2, 0.25) is 0 Å². The van der Waals surface area contributed by atoms with E-state index in [0.717, 1.165) is 0 Å². The maximum absolute atomic E-state index is 3.69. The predicted octanol–water partition coefficient (Wildman–Crippen LogP) is 4.20. The average molecular weight is 268 g/mol. The Bertz CT molecular complexity index is 188. The van der Waals surface area contributed by atoms with Crippen molar-refractivity contribution >= 4 is 0 Å². The van der Waals surface area contributed by atoms with Crippen molar-refractivity contribution in [2.75, 3.05) is 26.2 Å². The summed E-state index contributed by atoms with van der Waals surface area (Å²) in [4.78, 5) is 2.64. The van der Waals surface area contributed by atoms with E-state index in [4.69, 9.17) is 0 Å². The van der Waals surface area contributed by atoms with Crippen LogP contribution in [0, 0.1) is 0 Å². The fraction of sp³-hybridized carbons (Fsp3) is 1.00. The Hall–Kier alpha value is -0.0800. The molecule has 0 aliphatic carbocycles. The molecule has 2 nitrogen and oxygen atoms in total. The third kappa shape index (κ3) is 9.45. The van der Waals surface area contributed by atoms with E-state index in [0.29, 0.717) is 6.04 Å². The summed E-state index contributed by atoms with van der Waals surface area (Å²) >= 11 is 0. The second-order valence-corrected chi connectivity index (χ2v) is 6.31. The molecule has 1 saturated heterocycles. The van der Waals surface area contributed by atoms with E-state index in [9.17, 15) is 0 Å². The zero-order valence-corrected chi connectivity index (χ0v) is 13.4. The van der Waals surface area contributed by atoms with Gasteiger partial charge in [-0.1, -0.05) is 45.4 Å². The summed E-state index contributed by atoms with van der Waals surface area (Å²) in [6.45, 7) is 9.82. The van der Waals surface area contributed by atoms with E-state index in [1.165, 1.54) is 90.4 Å². The van der Waals surface area contributed by atoms with E-state index in [-0.39, 0.29) is 0 Å². The molecule has 0 aromatic rings. The van der Waals surface area contributed by atoms with Gasteiger partial charge in [0.05, 0.1) is 0 Å². The lowest BCUT2D eigenvalue weighted by Crippen LogP contribution is -2.34. The highest BCUT2D eigenvalue weighted by molar-refractivity contribution is 4.66. The molecule has 19 heavy (non-hydrogen) atoms. The highest BCUT2D eigenvalue weighted by Gasteiger charge is 2.09. The minimum absolute atomic E-state index is 0.711. The molecule has 0 radical (unpaired) electrons. The number of hydrogen-bond donors (Lipinski definition) is 1. The van der Waals surface area contributed by atoms with E-state index >= 15 is 0 Å². The zero-order valence-electron chi connectivity index (χ0n) is 13.4. The van der Waals surface area contributed by atoms with Crippen LogP contribution in [0.15, 0.2) is 0 Å². The van der Waals surface area contributed by atoms with Crippen LogP contribution in [0.5, 0.6) is 0 Å². The molecule has 0 aromatic heterocycles. The van der Waals surface area contributed by atoms with Crippen LogP contribution >= 0.6 is 0 Å². The maximum Gasteiger partial charge on any atom is 0.00387 e.